The Morgan fingerprint density at radius 3 is 2.44 bits per heavy atom. The molecule has 0 amide bonds. The average molecular weight is 222 g/mol. The predicted molar refractivity (Wildman–Crippen MR) is 58.2 cm³/mol. The van der Waals surface area contributed by atoms with Crippen molar-refractivity contribution in [2.24, 2.45) is 0 Å². The Morgan fingerprint density at radius 2 is 1.88 bits per heavy atom. The van der Waals surface area contributed by atoms with Crippen molar-refractivity contribution in [3.8, 4) is 0 Å². The van der Waals surface area contributed by atoms with Crippen LogP contribution in [-0.4, -0.2) is 30.1 Å². The number of carbonyl (C=O) groups excluding carboxylic acids is 2. The third kappa shape index (κ3) is 3.47. The van der Waals surface area contributed by atoms with Gasteiger partial charge in [-0.15, -0.1) is 0 Å². The Bertz CT molecular complexity index is 367. The van der Waals surface area contributed by atoms with E-state index in [9.17, 15) is 9.59 Å². The van der Waals surface area contributed by atoms with Crippen LogP contribution in [0.4, 0.5) is 0 Å². The lowest BCUT2D eigenvalue weighted by atomic mass is 10.1. The number of hydrogen-bond donors (Lipinski definition) is 1. The summed E-state index contributed by atoms with van der Waals surface area (Å²) in [7, 11) is 0. The van der Waals surface area contributed by atoms with Gasteiger partial charge < -0.3 is 9.84 Å². The molecule has 0 heterocycles. The Balaban J connectivity index is 2.57. The molecule has 0 aliphatic carbocycles. The summed E-state index contributed by atoms with van der Waals surface area (Å²) in [5, 5.41) is 8.49. The number of ether oxygens (including phenoxy) is 1. The van der Waals surface area contributed by atoms with Gasteiger partial charge in [0.25, 0.3) is 5.78 Å². The van der Waals surface area contributed by atoms with E-state index in [4.69, 9.17) is 5.11 Å². The summed E-state index contributed by atoms with van der Waals surface area (Å²) in [6.45, 7) is 1.90. The lowest BCUT2D eigenvalue weighted by Gasteiger charge is -2.02. The molecule has 0 saturated carbocycles. The first-order valence-corrected chi connectivity index (χ1v) is 5.04. The van der Waals surface area contributed by atoms with E-state index in [-0.39, 0.29) is 13.2 Å². The molecule has 0 radical (unpaired) electrons. The standard InChI is InChI=1S/C12H14O4/c1-9-3-5-10(6-4-9)11(14)12(15)16-8-2-7-13/h3-6,13H,2,7-8H2,1H3. The van der Waals surface area contributed by atoms with Crippen LogP contribution in [0.1, 0.15) is 22.3 Å². The zero-order valence-corrected chi connectivity index (χ0v) is 9.10. The van der Waals surface area contributed by atoms with Crippen LogP contribution in [0.5, 0.6) is 0 Å². The first-order chi connectivity index (χ1) is 7.65. The smallest absolute Gasteiger partial charge is 0.379 e. The van der Waals surface area contributed by atoms with Gasteiger partial charge in [0, 0.05) is 18.6 Å². The summed E-state index contributed by atoms with van der Waals surface area (Å²) in [6.07, 6.45) is 0.340. The molecule has 0 atom stereocenters. The predicted octanol–water partition coefficient (Wildman–Crippen LogP) is 1.10. The molecule has 0 fully saturated rings. The van der Waals surface area contributed by atoms with Crippen LogP contribution in [0, 0.1) is 6.92 Å². The number of rotatable bonds is 5. The lowest BCUT2D eigenvalue weighted by molar-refractivity contribution is -0.138. The molecule has 0 aromatic heterocycles. The van der Waals surface area contributed by atoms with Crippen LogP contribution in [-0.2, 0) is 9.53 Å². The number of benzene rings is 1. The van der Waals surface area contributed by atoms with Gasteiger partial charge in [-0.3, -0.25) is 4.79 Å². The second-order valence-electron chi connectivity index (χ2n) is 3.41. The van der Waals surface area contributed by atoms with Crippen molar-refractivity contribution in [2.75, 3.05) is 13.2 Å². The van der Waals surface area contributed by atoms with Crippen molar-refractivity contribution in [1.29, 1.82) is 0 Å². The number of Topliss-reactive ketones (excluding diaryl/α,β-unsaturated/α-hetero) is 1. The zero-order chi connectivity index (χ0) is 12.0. The number of aliphatic hydroxyl groups is 1. The highest BCUT2D eigenvalue weighted by Gasteiger charge is 2.17. The van der Waals surface area contributed by atoms with Crippen molar-refractivity contribution in [3.05, 3.63) is 35.4 Å². The normalized spacial score (nSPS) is 9.88. The van der Waals surface area contributed by atoms with Gasteiger partial charge in [-0.2, -0.15) is 0 Å². The van der Waals surface area contributed by atoms with Gasteiger partial charge in [-0.05, 0) is 6.92 Å². The maximum Gasteiger partial charge on any atom is 0.379 e. The number of ketones is 1. The molecule has 0 aliphatic heterocycles. The van der Waals surface area contributed by atoms with E-state index in [0.717, 1.165) is 5.56 Å². The number of esters is 1. The van der Waals surface area contributed by atoms with E-state index < -0.39 is 11.8 Å². The van der Waals surface area contributed by atoms with Gasteiger partial charge in [-0.1, -0.05) is 29.8 Å². The highest BCUT2D eigenvalue weighted by molar-refractivity contribution is 6.40. The van der Waals surface area contributed by atoms with Crippen LogP contribution in [0.2, 0.25) is 0 Å². The highest BCUT2D eigenvalue weighted by Crippen LogP contribution is 2.05. The van der Waals surface area contributed by atoms with Crippen molar-refractivity contribution >= 4 is 11.8 Å². The monoisotopic (exact) mass is 222 g/mol. The second-order valence-corrected chi connectivity index (χ2v) is 3.41. The highest BCUT2D eigenvalue weighted by atomic mass is 16.5. The summed E-state index contributed by atoms with van der Waals surface area (Å²) in [6, 6.07) is 6.69. The molecule has 1 aromatic rings. The molecule has 4 nitrogen and oxygen atoms in total. The first kappa shape index (κ1) is 12.4. The molecule has 86 valence electrons. The fourth-order valence-electron chi connectivity index (χ4n) is 1.12. The van der Waals surface area contributed by atoms with E-state index >= 15 is 0 Å². The molecular weight excluding hydrogens is 208 g/mol. The molecule has 16 heavy (non-hydrogen) atoms. The SMILES string of the molecule is Cc1ccc(C(=O)C(=O)OCCCO)cc1. The molecule has 0 spiro atoms. The van der Waals surface area contributed by atoms with Crippen LogP contribution in [0.3, 0.4) is 0 Å². The van der Waals surface area contributed by atoms with Crippen LogP contribution < -0.4 is 0 Å². The zero-order valence-electron chi connectivity index (χ0n) is 9.10. The van der Waals surface area contributed by atoms with E-state index in [1.54, 1.807) is 24.3 Å². The van der Waals surface area contributed by atoms with Crippen LogP contribution >= 0.6 is 0 Å². The molecule has 1 rings (SSSR count). The fourth-order valence-corrected chi connectivity index (χ4v) is 1.12. The summed E-state index contributed by atoms with van der Waals surface area (Å²) < 4.78 is 4.68. The van der Waals surface area contributed by atoms with E-state index in [1.165, 1.54) is 0 Å². The molecule has 0 unspecified atom stereocenters. The van der Waals surface area contributed by atoms with E-state index in [1.807, 2.05) is 6.92 Å². The minimum absolute atomic E-state index is 0.0624. The van der Waals surface area contributed by atoms with Crippen LogP contribution in [0.25, 0.3) is 0 Å². The summed E-state index contributed by atoms with van der Waals surface area (Å²) in [5.41, 5.74) is 1.34. The van der Waals surface area contributed by atoms with E-state index in [2.05, 4.69) is 4.74 Å². The number of aryl methyl sites for hydroxylation is 1. The van der Waals surface area contributed by atoms with Crippen molar-refractivity contribution in [2.45, 2.75) is 13.3 Å². The lowest BCUT2D eigenvalue weighted by Crippen LogP contribution is -2.18. The first-order valence-electron chi connectivity index (χ1n) is 5.04. The average Bonchev–Trinajstić information content (AvgIpc) is 2.29. The maximum atomic E-state index is 11.5. The third-order valence-electron chi connectivity index (χ3n) is 2.03. The fraction of sp³-hybridized carbons (Fsp3) is 0.333. The molecular formula is C12H14O4. The summed E-state index contributed by atoms with van der Waals surface area (Å²) >= 11 is 0. The minimum atomic E-state index is -0.877. The molecule has 0 bridgehead atoms. The molecule has 0 saturated heterocycles. The Hall–Kier alpha value is -1.68. The molecule has 4 heteroatoms. The third-order valence-corrected chi connectivity index (χ3v) is 2.03. The Labute approximate surface area is 93.9 Å². The van der Waals surface area contributed by atoms with Gasteiger partial charge >= 0.3 is 5.97 Å². The topological polar surface area (TPSA) is 63.6 Å². The van der Waals surface area contributed by atoms with Crippen LogP contribution in [0.15, 0.2) is 24.3 Å². The van der Waals surface area contributed by atoms with Gasteiger partial charge in [0.2, 0.25) is 0 Å². The maximum absolute atomic E-state index is 11.5. The molecule has 1 aromatic carbocycles. The second kappa shape index (κ2) is 6.02. The van der Waals surface area contributed by atoms with Crippen molar-refractivity contribution in [1.82, 2.24) is 0 Å². The van der Waals surface area contributed by atoms with Gasteiger partial charge in [0.1, 0.15) is 0 Å². The number of hydrogen-bond acceptors (Lipinski definition) is 4. The number of aliphatic hydroxyl groups excluding tert-OH is 1. The van der Waals surface area contributed by atoms with Crippen molar-refractivity contribution < 1.29 is 19.4 Å². The quantitative estimate of drug-likeness (QED) is 0.351. The minimum Gasteiger partial charge on any atom is -0.460 e. The van der Waals surface area contributed by atoms with E-state index in [0.29, 0.717) is 12.0 Å². The Kier molecular flexibility index (Phi) is 4.66. The molecule has 0 aliphatic rings. The Morgan fingerprint density at radius 1 is 1.25 bits per heavy atom. The summed E-state index contributed by atoms with van der Waals surface area (Å²) in [5.74, 6) is -1.53. The largest absolute Gasteiger partial charge is 0.460 e. The van der Waals surface area contributed by atoms with Gasteiger partial charge in [0.15, 0.2) is 0 Å². The molecule has 1 N–H and O–H groups in total. The summed E-state index contributed by atoms with van der Waals surface area (Å²) in [4.78, 5) is 22.8. The number of carbonyl (C=O) groups is 2. The van der Waals surface area contributed by atoms with Gasteiger partial charge in [-0.25, -0.2) is 4.79 Å². The van der Waals surface area contributed by atoms with Gasteiger partial charge in [0.05, 0.1) is 6.61 Å². The van der Waals surface area contributed by atoms with Crippen molar-refractivity contribution in [3.63, 3.8) is 0 Å².